The molecule has 1 aromatic carbocycles. The molecule has 0 aromatic heterocycles. The predicted molar refractivity (Wildman–Crippen MR) is 76.8 cm³/mol. The summed E-state index contributed by atoms with van der Waals surface area (Å²) in [5.41, 5.74) is -0.166. The van der Waals surface area contributed by atoms with Gasteiger partial charge in [0.15, 0.2) is 0 Å². The highest BCUT2D eigenvalue weighted by Gasteiger charge is 2.44. The molecule has 0 saturated heterocycles. The van der Waals surface area contributed by atoms with Crippen molar-refractivity contribution in [3.63, 3.8) is 0 Å². The van der Waals surface area contributed by atoms with E-state index in [4.69, 9.17) is 5.11 Å². The lowest BCUT2D eigenvalue weighted by Gasteiger charge is -2.09. The highest BCUT2D eigenvalue weighted by molar-refractivity contribution is 5.82. The maximum Gasteiger partial charge on any atom is 0.416 e. The van der Waals surface area contributed by atoms with Crippen LogP contribution in [0.2, 0.25) is 0 Å². The number of carbonyl (C=O) groups is 2. The highest BCUT2D eigenvalue weighted by atomic mass is 19.4. The third-order valence-electron chi connectivity index (χ3n) is 3.89. The Morgan fingerprint density at radius 2 is 2.00 bits per heavy atom. The number of amides is 1. The number of aliphatic carboxylic acids is 1. The lowest BCUT2D eigenvalue weighted by molar-refractivity contribution is -0.138. The van der Waals surface area contributed by atoms with Crippen LogP contribution >= 0.6 is 0 Å². The first-order chi connectivity index (χ1) is 10.8. The van der Waals surface area contributed by atoms with E-state index in [1.54, 1.807) is 6.07 Å². The van der Waals surface area contributed by atoms with E-state index >= 15 is 0 Å². The molecule has 1 saturated carbocycles. The molecule has 0 radical (unpaired) electrons. The number of rotatable bonds is 7. The molecule has 0 heterocycles. The Hall–Kier alpha value is -2.05. The first kappa shape index (κ1) is 17.3. The van der Waals surface area contributed by atoms with Gasteiger partial charge >= 0.3 is 12.1 Å². The van der Waals surface area contributed by atoms with Gasteiger partial charge in [-0.05, 0) is 36.8 Å². The van der Waals surface area contributed by atoms with Gasteiger partial charge in [0.25, 0.3) is 0 Å². The SMILES string of the molecule is O=C(O)CCCCNC(=O)C1CC1c1cccc(C(F)(F)F)c1. The number of unbranched alkanes of at least 4 members (excludes halogenated alkanes) is 1. The summed E-state index contributed by atoms with van der Waals surface area (Å²) in [6, 6.07) is 5.09. The van der Waals surface area contributed by atoms with E-state index in [0.29, 0.717) is 31.4 Å². The second-order valence-electron chi connectivity index (χ2n) is 5.71. The number of carboxylic acids is 1. The lowest BCUT2D eigenvalue weighted by atomic mass is 10.1. The Balaban J connectivity index is 1.80. The summed E-state index contributed by atoms with van der Waals surface area (Å²) in [6.45, 7) is 0.387. The summed E-state index contributed by atoms with van der Waals surface area (Å²) in [6.07, 6.45) is -2.72. The zero-order valence-electron chi connectivity index (χ0n) is 12.4. The van der Waals surface area contributed by atoms with E-state index in [1.165, 1.54) is 6.07 Å². The van der Waals surface area contributed by atoms with Gasteiger partial charge in [-0.3, -0.25) is 9.59 Å². The summed E-state index contributed by atoms with van der Waals surface area (Å²) in [5.74, 6) is -1.51. The Morgan fingerprint density at radius 3 is 2.65 bits per heavy atom. The third kappa shape index (κ3) is 4.97. The zero-order chi connectivity index (χ0) is 17.0. The van der Waals surface area contributed by atoms with Gasteiger partial charge in [0, 0.05) is 18.9 Å². The molecule has 0 aliphatic heterocycles. The summed E-state index contributed by atoms with van der Waals surface area (Å²) in [5, 5.41) is 11.2. The summed E-state index contributed by atoms with van der Waals surface area (Å²) in [7, 11) is 0. The molecule has 1 aliphatic rings. The fraction of sp³-hybridized carbons (Fsp3) is 0.500. The molecule has 2 atom stereocenters. The molecule has 2 N–H and O–H groups in total. The second-order valence-corrected chi connectivity index (χ2v) is 5.71. The largest absolute Gasteiger partial charge is 0.481 e. The minimum Gasteiger partial charge on any atom is -0.481 e. The van der Waals surface area contributed by atoms with Crippen molar-refractivity contribution < 1.29 is 27.9 Å². The van der Waals surface area contributed by atoms with Crippen molar-refractivity contribution in [1.82, 2.24) is 5.32 Å². The number of halogens is 3. The van der Waals surface area contributed by atoms with E-state index in [1.807, 2.05) is 0 Å². The maximum absolute atomic E-state index is 12.7. The molecule has 0 spiro atoms. The minimum absolute atomic E-state index is 0.0617. The summed E-state index contributed by atoms with van der Waals surface area (Å²) >= 11 is 0. The minimum atomic E-state index is -4.38. The van der Waals surface area contributed by atoms with Crippen LogP contribution < -0.4 is 5.32 Å². The van der Waals surface area contributed by atoms with Gasteiger partial charge in [-0.2, -0.15) is 13.2 Å². The van der Waals surface area contributed by atoms with Gasteiger partial charge in [-0.15, -0.1) is 0 Å². The normalized spacial score (nSPS) is 20.1. The van der Waals surface area contributed by atoms with E-state index in [0.717, 1.165) is 12.1 Å². The number of benzene rings is 1. The highest BCUT2D eigenvalue weighted by Crippen LogP contribution is 2.48. The van der Waals surface area contributed by atoms with E-state index in [2.05, 4.69) is 5.32 Å². The lowest BCUT2D eigenvalue weighted by Crippen LogP contribution is -2.26. The Labute approximate surface area is 131 Å². The van der Waals surface area contributed by atoms with E-state index < -0.39 is 17.7 Å². The monoisotopic (exact) mass is 329 g/mol. The number of alkyl halides is 3. The molecule has 1 fully saturated rings. The number of hydrogen-bond donors (Lipinski definition) is 2. The average molecular weight is 329 g/mol. The quantitative estimate of drug-likeness (QED) is 0.755. The van der Waals surface area contributed by atoms with Gasteiger partial charge in [0.1, 0.15) is 0 Å². The number of hydrogen-bond acceptors (Lipinski definition) is 2. The third-order valence-corrected chi connectivity index (χ3v) is 3.89. The van der Waals surface area contributed by atoms with Crippen LogP contribution in [0.5, 0.6) is 0 Å². The Morgan fingerprint density at radius 1 is 1.26 bits per heavy atom. The van der Waals surface area contributed by atoms with Gasteiger partial charge in [-0.25, -0.2) is 0 Å². The maximum atomic E-state index is 12.7. The van der Waals surface area contributed by atoms with Crippen LogP contribution in [0.3, 0.4) is 0 Å². The van der Waals surface area contributed by atoms with Crippen LogP contribution in [-0.4, -0.2) is 23.5 Å². The standard InChI is InChI=1S/C16H18F3NO3/c17-16(18,19)11-5-3-4-10(8-11)12-9-13(12)15(23)20-7-2-1-6-14(21)22/h3-5,8,12-13H,1-2,6-7,9H2,(H,20,23)(H,21,22). The van der Waals surface area contributed by atoms with E-state index in [9.17, 15) is 22.8 Å². The molecule has 2 rings (SSSR count). The predicted octanol–water partition coefficient (Wildman–Crippen LogP) is 3.18. The van der Waals surface area contributed by atoms with Crippen molar-refractivity contribution in [3.8, 4) is 0 Å². The van der Waals surface area contributed by atoms with Gasteiger partial charge in [-0.1, -0.05) is 18.2 Å². The van der Waals surface area contributed by atoms with Crippen LogP contribution in [0, 0.1) is 5.92 Å². The zero-order valence-corrected chi connectivity index (χ0v) is 12.4. The second kappa shape index (κ2) is 7.02. The number of nitrogens with one attached hydrogen (secondary N) is 1. The summed E-state index contributed by atoms with van der Waals surface area (Å²) in [4.78, 5) is 22.3. The number of carboxylic acid groups (broad SMARTS) is 1. The number of carbonyl (C=O) groups excluding carboxylic acids is 1. The first-order valence-corrected chi connectivity index (χ1v) is 7.45. The molecular formula is C16H18F3NO3. The van der Waals surface area contributed by atoms with Gasteiger partial charge in [0.05, 0.1) is 5.56 Å². The molecule has 4 nitrogen and oxygen atoms in total. The molecular weight excluding hydrogens is 311 g/mol. The van der Waals surface area contributed by atoms with Crippen LogP contribution in [-0.2, 0) is 15.8 Å². The van der Waals surface area contributed by atoms with Crippen molar-refractivity contribution in [3.05, 3.63) is 35.4 Å². The van der Waals surface area contributed by atoms with Crippen molar-refractivity contribution in [1.29, 1.82) is 0 Å². The van der Waals surface area contributed by atoms with Crippen LogP contribution in [0.1, 0.15) is 42.7 Å². The van der Waals surface area contributed by atoms with Crippen LogP contribution in [0.25, 0.3) is 0 Å². The summed E-state index contributed by atoms with van der Waals surface area (Å²) < 4.78 is 38.0. The molecule has 23 heavy (non-hydrogen) atoms. The smallest absolute Gasteiger partial charge is 0.416 e. The molecule has 1 aromatic rings. The average Bonchev–Trinajstić information content (AvgIpc) is 3.26. The van der Waals surface area contributed by atoms with Gasteiger partial charge in [0.2, 0.25) is 5.91 Å². The molecule has 7 heteroatoms. The molecule has 126 valence electrons. The van der Waals surface area contributed by atoms with Crippen molar-refractivity contribution in [2.45, 2.75) is 37.8 Å². The van der Waals surface area contributed by atoms with Crippen LogP contribution in [0.4, 0.5) is 13.2 Å². The first-order valence-electron chi connectivity index (χ1n) is 7.45. The molecule has 1 amide bonds. The Bertz CT molecular complexity index is 586. The molecule has 1 aliphatic carbocycles. The molecule has 0 bridgehead atoms. The Kier molecular flexibility index (Phi) is 5.28. The van der Waals surface area contributed by atoms with E-state index in [-0.39, 0.29) is 24.2 Å². The van der Waals surface area contributed by atoms with Crippen molar-refractivity contribution in [2.24, 2.45) is 5.92 Å². The fourth-order valence-electron chi connectivity index (χ4n) is 2.54. The fourth-order valence-corrected chi connectivity index (χ4v) is 2.54. The van der Waals surface area contributed by atoms with Crippen molar-refractivity contribution >= 4 is 11.9 Å². The molecule has 2 unspecified atom stereocenters. The van der Waals surface area contributed by atoms with Crippen LogP contribution in [0.15, 0.2) is 24.3 Å². The van der Waals surface area contributed by atoms with Crippen molar-refractivity contribution in [2.75, 3.05) is 6.54 Å². The van der Waals surface area contributed by atoms with Gasteiger partial charge < -0.3 is 10.4 Å². The topological polar surface area (TPSA) is 66.4 Å².